The molecule has 0 saturated heterocycles. The van der Waals surface area contributed by atoms with E-state index in [0.717, 1.165) is 0 Å². The number of benzene rings is 1. The molecule has 0 aliphatic carbocycles. The maximum atomic E-state index is 11.5. The standard InChI is InChI=1S/C12H16N2O2S/c1-3-14-12(15)8(2)16-10-7-5-4-6-9(10)11(13)17/h4-8H,3H2,1-2H3,(H2,13,17)(H,14,15). The number of nitrogens with one attached hydrogen (secondary N) is 1. The van der Waals surface area contributed by atoms with Crippen LogP contribution in [0.1, 0.15) is 19.4 Å². The summed E-state index contributed by atoms with van der Waals surface area (Å²) in [5.41, 5.74) is 6.21. The summed E-state index contributed by atoms with van der Waals surface area (Å²) in [5, 5.41) is 2.69. The van der Waals surface area contributed by atoms with Crippen LogP contribution in [0, 0.1) is 0 Å². The van der Waals surface area contributed by atoms with E-state index in [1.807, 2.05) is 19.1 Å². The molecule has 1 atom stereocenters. The monoisotopic (exact) mass is 252 g/mol. The molecule has 0 aliphatic rings. The largest absolute Gasteiger partial charge is 0.480 e. The van der Waals surface area contributed by atoms with Crippen molar-refractivity contribution < 1.29 is 9.53 Å². The number of nitrogens with two attached hydrogens (primary N) is 1. The predicted octanol–water partition coefficient (Wildman–Crippen LogP) is 1.22. The van der Waals surface area contributed by atoms with Crippen LogP contribution in [0.5, 0.6) is 5.75 Å². The minimum absolute atomic E-state index is 0.162. The van der Waals surface area contributed by atoms with E-state index in [0.29, 0.717) is 17.9 Å². The van der Waals surface area contributed by atoms with Gasteiger partial charge in [-0.3, -0.25) is 4.79 Å². The van der Waals surface area contributed by atoms with Crippen LogP contribution in [-0.2, 0) is 4.79 Å². The Labute approximate surface area is 106 Å². The Morgan fingerprint density at radius 2 is 2.18 bits per heavy atom. The molecular weight excluding hydrogens is 236 g/mol. The number of ether oxygens (including phenoxy) is 1. The molecular formula is C12H16N2O2S. The van der Waals surface area contributed by atoms with E-state index in [-0.39, 0.29) is 10.9 Å². The quantitative estimate of drug-likeness (QED) is 0.774. The third kappa shape index (κ3) is 3.71. The highest BCUT2D eigenvalue weighted by Crippen LogP contribution is 2.19. The van der Waals surface area contributed by atoms with Crippen LogP contribution < -0.4 is 15.8 Å². The fraction of sp³-hybridized carbons (Fsp3) is 0.333. The maximum Gasteiger partial charge on any atom is 0.260 e. The molecule has 1 amide bonds. The van der Waals surface area contributed by atoms with Crippen molar-refractivity contribution in [1.29, 1.82) is 0 Å². The zero-order valence-corrected chi connectivity index (χ0v) is 10.7. The first-order valence-electron chi connectivity index (χ1n) is 5.39. The number of hydrogen-bond donors (Lipinski definition) is 2. The summed E-state index contributed by atoms with van der Waals surface area (Å²) in [6.45, 7) is 4.11. The first-order chi connectivity index (χ1) is 8.06. The minimum Gasteiger partial charge on any atom is -0.480 e. The summed E-state index contributed by atoms with van der Waals surface area (Å²) < 4.78 is 5.54. The van der Waals surface area contributed by atoms with Crippen LogP contribution in [0.25, 0.3) is 0 Å². The first kappa shape index (κ1) is 13.4. The predicted molar refractivity (Wildman–Crippen MR) is 71.1 cm³/mol. The van der Waals surface area contributed by atoms with Gasteiger partial charge in [-0.05, 0) is 26.0 Å². The van der Waals surface area contributed by atoms with Crippen LogP contribution in [-0.4, -0.2) is 23.5 Å². The van der Waals surface area contributed by atoms with Crippen LogP contribution >= 0.6 is 12.2 Å². The zero-order chi connectivity index (χ0) is 12.8. The van der Waals surface area contributed by atoms with E-state index >= 15 is 0 Å². The van der Waals surface area contributed by atoms with E-state index < -0.39 is 6.10 Å². The van der Waals surface area contributed by atoms with Crippen molar-refractivity contribution in [2.75, 3.05) is 6.54 Å². The molecule has 17 heavy (non-hydrogen) atoms. The number of thiocarbonyl (C=S) groups is 1. The average Bonchev–Trinajstić information content (AvgIpc) is 2.29. The van der Waals surface area contributed by atoms with Crippen LogP contribution in [0.15, 0.2) is 24.3 Å². The second kappa shape index (κ2) is 6.20. The normalized spacial score (nSPS) is 11.6. The summed E-state index contributed by atoms with van der Waals surface area (Å²) in [7, 11) is 0. The van der Waals surface area contributed by atoms with E-state index in [2.05, 4.69) is 5.32 Å². The van der Waals surface area contributed by atoms with Gasteiger partial charge in [0.1, 0.15) is 10.7 Å². The average molecular weight is 252 g/mol. The van der Waals surface area contributed by atoms with Crippen molar-refractivity contribution >= 4 is 23.1 Å². The van der Waals surface area contributed by atoms with Gasteiger partial charge in [0.2, 0.25) is 0 Å². The molecule has 0 fully saturated rings. The maximum absolute atomic E-state index is 11.5. The van der Waals surface area contributed by atoms with Crippen molar-refractivity contribution in [3.05, 3.63) is 29.8 Å². The Balaban J connectivity index is 2.81. The summed E-state index contributed by atoms with van der Waals surface area (Å²) in [4.78, 5) is 11.8. The van der Waals surface area contributed by atoms with Crippen molar-refractivity contribution in [3.63, 3.8) is 0 Å². The number of likely N-dealkylation sites (N-methyl/N-ethyl adjacent to an activating group) is 1. The second-order valence-corrected chi connectivity index (χ2v) is 3.95. The molecule has 1 aromatic rings. The number of carbonyl (C=O) groups is 1. The van der Waals surface area contributed by atoms with Gasteiger partial charge in [0.05, 0.1) is 5.56 Å². The highest BCUT2D eigenvalue weighted by atomic mass is 32.1. The SMILES string of the molecule is CCNC(=O)C(C)Oc1ccccc1C(N)=S. The van der Waals surface area contributed by atoms with Gasteiger partial charge in [-0.25, -0.2) is 0 Å². The van der Waals surface area contributed by atoms with Gasteiger partial charge in [0.25, 0.3) is 5.91 Å². The smallest absolute Gasteiger partial charge is 0.260 e. The summed E-state index contributed by atoms with van der Waals surface area (Å²) in [6, 6.07) is 7.13. The molecule has 0 spiro atoms. The lowest BCUT2D eigenvalue weighted by molar-refractivity contribution is -0.127. The molecule has 4 nitrogen and oxygen atoms in total. The minimum atomic E-state index is -0.578. The molecule has 1 unspecified atom stereocenters. The molecule has 0 bridgehead atoms. The fourth-order valence-corrected chi connectivity index (χ4v) is 1.50. The Bertz CT molecular complexity index is 421. The molecule has 0 aromatic heterocycles. The van der Waals surface area contributed by atoms with Gasteiger partial charge < -0.3 is 15.8 Å². The molecule has 0 aliphatic heterocycles. The highest BCUT2D eigenvalue weighted by Gasteiger charge is 2.15. The van der Waals surface area contributed by atoms with Crippen molar-refractivity contribution in [2.24, 2.45) is 5.73 Å². The Kier molecular flexibility index (Phi) is 4.90. The molecule has 0 saturated carbocycles. The van der Waals surface area contributed by atoms with Gasteiger partial charge >= 0.3 is 0 Å². The molecule has 0 radical (unpaired) electrons. The van der Waals surface area contributed by atoms with E-state index in [1.54, 1.807) is 19.1 Å². The highest BCUT2D eigenvalue weighted by molar-refractivity contribution is 7.80. The second-order valence-electron chi connectivity index (χ2n) is 3.52. The summed E-state index contributed by atoms with van der Waals surface area (Å²) >= 11 is 4.92. The van der Waals surface area contributed by atoms with Gasteiger partial charge in [-0.2, -0.15) is 0 Å². The lowest BCUT2D eigenvalue weighted by Crippen LogP contribution is -2.36. The molecule has 5 heteroatoms. The van der Waals surface area contributed by atoms with Gasteiger partial charge in [-0.1, -0.05) is 24.4 Å². The van der Waals surface area contributed by atoms with Gasteiger partial charge in [0.15, 0.2) is 6.10 Å². The molecule has 3 N–H and O–H groups in total. The van der Waals surface area contributed by atoms with E-state index in [4.69, 9.17) is 22.7 Å². The summed E-state index contributed by atoms with van der Waals surface area (Å²) in [5.74, 6) is 0.365. The third-order valence-electron chi connectivity index (χ3n) is 2.18. The van der Waals surface area contributed by atoms with Crippen LogP contribution in [0.4, 0.5) is 0 Å². The zero-order valence-electron chi connectivity index (χ0n) is 9.90. The molecule has 0 heterocycles. The number of rotatable bonds is 5. The van der Waals surface area contributed by atoms with Gasteiger partial charge in [0, 0.05) is 6.54 Å². The lowest BCUT2D eigenvalue weighted by atomic mass is 10.2. The van der Waals surface area contributed by atoms with Crippen LogP contribution in [0.2, 0.25) is 0 Å². The van der Waals surface area contributed by atoms with Gasteiger partial charge in [-0.15, -0.1) is 0 Å². The third-order valence-corrected chi connectivity index (χ3v) is 2.40. The van der Waals surface area contributed by atoms with Crippen molar-refractivity contribution in [2.45, 2.75) is 20.0 Å². The Morgan fingerprint density at radius 3 is 2.76 bits per heavy atom. The Morgan fingerprint density at radius 1 is 1.53 bits per heavy atom. The molecule has 1 aromatic carbocycles. The van der Waals surface area contributed by atoms with Crippen molar-refractivity contribution in [3.8, 4) is 5.75 Å². The topological polar surface area (TPSA) is 64.3 Å². The van der Waals surface area contributed by atoms with Crippen LogP contribution in [0.3, 0.4) is 0 Å². The number of amides is 1. The van der Waals surface area contributed by atoms with E-state index in [9.17, 15) is 4.79 Å². The summed E-state index contributed by atoms with van der Waals surface area (Å²) in [6.07, 6.45) is -0.578. The number of hydrogen-bond acceptors (Lipinski definition) is 3. The fourth-order valence-electron chi connectivity index (χ4n) is 1.33. The number of carbonyl (C=O) groups excluding carboxylic acids is 1. The number of para-hydroxylation sites is 1. The lowest BCUT2D eigenvalue weighted by Gasteiger charge is -2.16. The Hall–Kier alpha value is -1.62. The van der Waals surface area contributed by atoms with Crippen molar-refractivity contribution in [1.82, 2.24) is 5.32 Å². The van der Waals surface area contributed by atoms with E-state index in [1.165, 1.54) is 0 Å². The molecule has 92 valence electrons. The molecule has 1 rings (SSSR count). The first-order valence-corrected chi connectivity index (χ1v) is 5.80.